The van der Waals surface area contributed by atoms with Crippen LogP contribution >= 0.6 is 0 Å². The van der Waals surface area contributed by atoms with E-state index in [-0.39, 0.29) is 11.4 Å². The second kappa shape index (κ2) is 12.8. The van der Waals surface area contributed by atoms with Gasteiger partial charge in [0.05, 0.1) is 46.9 Å². The molecule has 10 heteroatoms. The normalized spacial score (nSPS) is 14.9. The van der Waals surface area contributed by atoms with Crippen LogP contribution in [-0.2, 0) is 4.74 Å². The van der Waals surface area contributed by atoms with Gasteiger partial charge in [-0.1, -0.05) is 12.8 Å². The molecule has 0 aliphatic heterocycles. The van der Waals surface area contributed by atoms with Crippen molar-refractivity contribution >= 4 is 11.9 Å². The van der Waals surface area contributed by atoms with Crippen molar-refractivity contribution in [2.75, 3.05) is 34.5 Å². The van der Waals surface area contributed by atoms with E-state index in [1.807, 2.05) is 0 Å². The number of carboxylic acid groups (broad SMARTS) is 1. The van der Waals surface area contributed by atoms with Crippen molar-refractivity contribution < 1.29 is 38.4 Å². The van der Waals surface area contributed by atoms with Crippen molar-refractivity contribution in [2.24, 2.45) is 11.8 Å². The minimum atomic E-state index is -1.08. The molecule has 0 unspecified atom stereocenters. The zero-order chi connectivity index (χ0) is 25.2. The number of nitrogens with zero attached hydrogens (tertiary/aromatic N) is 2. The summed E-state index contributed by atoms with van der Waals surface area (Å²) in [7, 11) is 4.33. The lowest BCUT2D eigenvalue weighted by molar-refractivity contribution is 0.0592. The molecule has 0 saturated heterocycles. The van der Waals surface area contributed by atoms with Crippen LogP contribution in [0.25, 0.3) is 0 Å². The third-order valence-electron chi connectivity index (χ3n) is 6.12. The van der Waals surface area contributed by atoms with Gasteiger partial charge >= 0.3 is 11.9 Å². The summed E-state index contributed by atoms with van der Waals surface area (Å²) in [5, 5.41) is 8.80. The molecule has 2 aliphatic carbocycles. The standard InChI is InChI=1S/C13H17NO4.C12H15NO4/c1-16-11-6-10(13(15)17-2)14-7-12(11)18-8-9-4-3-5-9;1-16-10-5-9(12(14)15)13-6-11(10)17-7-8-3-2-4-8/h6-7,9H,3-5,8H2,1-2H3;5-6,8H,2-4,7H2,1H3,(H,14,15). The summed E-state index contributed by atoms with van der Waals surface area (Å²) >= 11 is 0. The average molecular weight is 489 g/mol. The third-order valence-corrected chi connectivity index (χ3v) is 6.12. The van der Waals surface area contributed by atoms with Crippen molar-refractivity contribution in [3.05, 3.63) is 35.9 Å². The number of ether oxygens (including phenoxy) is 5. The highest BCUT2D eigenvalue weighted by Crippen LogP contribution is 2.32. The summed E-state index contributed by atoms with van der Waals surface area (Å²) in [5.41, 5.74) is 0.170. The van der Waals surface area contributed by atoms with Crippen molar-refractivity contribution in [2.45, 2.75) is 38.5 Å². The molecule has 2 aromatic rings. The summed E-state index contributed by atoms with van der Waals surface area (Å²) in [5.74, 6) is 1.67. The summed E-state index contributed by atoms with van der Waals surface area (Å²) in [6, 6.07) is 2.90. The predicted octanol–water partition coefficient (Wildman–Crippen LogP) is 4.02. The van der Waals surface area contributed by atoms with Crippen LogP contribution in [0.3, 0.4) is 0 Å². The highest BCUT2D eigenvalue weighted by Gasteiger charge is 2.20. The summed E-state index contributed by atoms with van der Waals surface area (Å²) in [6.07, 6.45) is 10.3. The topological polar surface area (TPSA) is 126 Å². The first-order valence-electron chi connectivity index (χ1n) is 11.6. The van der Waals surface area contributed by atoms with Gasteiger partial charge in [0, 0.05) is 12.1 Å². The molecule has 0 bridgehead atoms. The number of hydrogen-bond acceptors (Lipinski definition) is 9. The first kappa shape index (κ1) is 26.1. The molecular weight excluding hydrogens is 456 g/mol. The van der Waals surface area contributed by atoms with E-state index in [1.54, 1.807) is 0 Å². The third kappa shape index (κ3) is 7.21. The Morgan fingerprint density at radius 3 is 1.63 bits per heavy atom. The first-order chi connectivity index (χ1) is 16.9. The minimum absolute atomic E-state index is 0.0437. The molecule has 0 spiro atoms. The summed E-state index contributed by atoms with van der Waals surface area (Å²) < 4.78 is 26.1. The second-order valence-corrected chi connectivity index (χ2v) is 8.45. The maximum Gasteiger partial charge on any atom is 0.356 e. The molecule has 190 valence electrons. The molecule has 4 rings (SSSR count). The minimum Gasteiger partial charge on any atom is -0.493 e. The van der Waals surface area contributed by atoms with Crippen molar-refractivity contribution in [3.63, 3.8) is 0 Å². The molecule has 1 N–H and O–H groups in total. The van der Waals surface area contributed by atoms with Crippen molar-refractivity contribution in [1.29, 1.82) is 0 Å². The molecule has 2 aliphatic rings. The van der Waals surface area contributed by atoms with Gasteiger partial charge in [0.15, 0.2) is 34.4 Å². The number of methoxy groups -OCH3 is 3. The molecular formula is C25H32N2O8. The molecule has 0 atom stereocenters. The Bertz CT molecular complexity index is 1000. The van der Waals surface area contributed by atoms with Gasteiger partial charge in [0.1, 0.15) is 0 Å². The number of carbonyl (C=O) groups is 2. The van der Waals surface area contributed by atoms with Crippen LogP contribution in [0.15, 0.2) is 24.5 Å². The van der Waals surface area contributed by atoms with Crippen LogP contribution in [0.1, 0.15) is 59.5 Å². The lowest BCUT2D eigenvalue weighted by atomic mass is 9.86. The number of esters is 1. The van der Waals surface area contributed by atoms with E-state index in [2.05, 4.69) is 14.7 Å². The van der Waals surface area contributed by atoms with Gasteiger partial charge in [-0.25, -0.2) is 19.6 Å². The number of hydrogen-bond donors (Lipinski definition) is 1. The number of rotatable bonds is 10. The molecule has 0 aromatic carbocycles. The molecule has 2 heterocycles. The molecule has 10 nitrogen and oxygen atoms in total. The predicted molar refractivity (Wildman–Crippen MR) is 126 cm³/mol. The van der Waals surface area contributed by atoms with Gasteiger partial charge in [-0.2, -0.15) is 0 Å². The lowest BCUT2D eigenvalue weighted by Crippen LogP contribution is -2.19. The Kier molecular flexibility index (Phi) is 9.51. The van der Waals surface area contributed by atoms with Gasteiger partial charge < -0.3 is 28.8 Å². The van der Waals surface area contributed by atoms with E-state index in [0.717, 1.165) is 0 Å². The van der Waals surface area contributed by atoms with Gasteiger partial charge in [-0.15, -0.1) is 0 Å². The van der Waals surface area contributed by atoms with Crippen LogP contribution in [0.4, 0.5) is 0 Å². The van der Waals surface area contributed by atoms with Crippen LogP contribution in [0, 0.1) is 11.8 Å². The maximum atomic E-state index is 11.3. The van der Waals surface area contributed by atoms with E-state index >= 15 is 0 Å². The maximum absolute atomic E-state index is 11.3. The number of aromatic nitrogens is 2. The number of carboxylic acids is 1. The van der Waals surface area contributed by atoms with E-state index in [9.17, 15) is 9.59 Å². The fourth-order valence-electron chi connectivity index (χ4n) is 3.45. The SMILES string of the molecule is COC(=O)c1cc(OC)c(OCC2CCC2)cn1.COc1cc(C(=O)O)ncc1OCC1CCC1. The quantitative estimate of drug-likeness (QED) is 0.490. The zero-order valence-corrected chi connectivity index (χ0v) is 20.3. The van der Waals surface area contributed by atoms with Gasteiger partial charge in [-0.3, -0.25) is 0 Å². The van der Waals surface area contributed by atoms with Crippen molar-refractivity contribution in [3.8, 4) is 23.0 Å². The molecule has 0 amide bonds. The van der Waals surface area contributed by atoms with Crippen LogP contribution < -0.4 is 18.9 Å². The van der Waals surface area contributed by atoms with E-state index in [1.165, 1.54) is 84.4 Å². The second-order valence-electron chi connectivity index (χ2n) is 8.45. The highest BCUT2D eigenvalue weighted by atomic mass is 16.5. The van der Waals surface area contributed by atoms with Crippen LogP contribution in [-0.4, -0.2) is 61.6 Å². The Balaban J connectivity index is 0.000000196. The number of pyridine rings is 2. The Morgan fingerprint density at radius 1 is 0.800 bits per heavy atom. The first-order valence-corrected chi connectivity index (χ1v) is 11.6. The summed E-state index contributed by atoms with van der Waals surface area (Å²) in [4.78, 5) is 29.9. The van der Waals surface area contributed by atoms with E-state index in [0.29, 0.717) is 48.0 Å². The molecule has 2 fully saturated rings. The van der Waals surface area contributed by atoms with E-state index in [4.69, 9.17) is 24.1 Å². The smallest absolute Gasteiger partial charge is 0.356 e. The van der Waals surface area contributed by atoms with Crippen molar-refractivity contribution in [1.82, 2.24) is 9.97 Å². The Hall–Kier alpha value is -3.56. The van der Waals surface area contributed by atoms with Gasteiger partial charge in [0.25, 0.3) is 0 Å². The lowest BCUT2D eigenvalue weighted by Gasteiger charge is -2.25. The monoisotopic (exact) mass is 488 g/mol. The average Bonchev–Trinajstić information content (AvgIpc) is 2.82. The van der Waals surface area contributed by atoms with Crippen LogP contribution in [0.2, 0.25) is 0 Å². The summed E-state index contributed by atoms with van der Waals surface area (Å²) in [6.45, 7) is 1.32. The molecule has 0 radical (unpaired) electrons. The highest BCUT2D eigenvalue weighted by molar-refractivity contribution is 5.87. The Labute approximate surface area is 204 Å². The van der Waals surface area contributed by atoms with E-state index < -0.39 is 11.9 Å². The van der Waals surface area contributed by atoms with Gasteiger partial charge in [-0.05, 0) is 37.5 Å². The molecule has 2 aromatic heterocycles. The zero-order valence-electron chi connectivity index (χ0n) is 20.3. The number of carbonyl (C=O) groups excluding carboxylic acids is 1. The fraction of sp³-hybridized carbons (Fsp3) is 0.520. The van der Waals surface area contributed by atoms with Gasteiger partial charge in [0.2, 0.25) is 0 Å². The van der Waals surface area contributed by atoms with Crippen LogP contribution in [0.5, 0.6) is 23.0 Å². The molecule has 35 heavy (non-hydrogen) atoms. The fourth-order valence-corrected chi connectivity index (χ4v) is 3.45. The molecule has 2 saturated carbocycles. The largest absolute Gasteiger partial charge is 0.493 e. The number of aromatic carboxylic acids is 1. The Morgan fingerprint density at radius 2 is 1.26 bits per heavy atom.